The molecule has 3 aliphatic carbocycles. The first-order chi connectivity index (χ1) is 31.8. The summed E-state index contributed by atoms with van der Waals surface area (Å²) in [5, 5.41) is 21.6. The maximum absolute atomic E-state index is 7.05. The molecular weight excluding hydrogens is 777 g/mol. The number of benzene rings is 9. The highest BCUT2D eigenvalue weighted by atomic mass is 16.3. The average Bonchev–Trinajstić information content (AvgIpc) is 4.10. The van der Waals surface area contributed by atoms with Crippen LogP contribution in [0.25, 0.3) is 144 Å². The first-order valence-corrected chi connectivity index (χ1v) is 22.7. The van der Waals surface area contributed by atoms with Crippen LogP contribution >= 0.6 is 0 Å². The van der Waals surface area contributed by atoms with E-state index in [-0.39, 0.29) is 5.92 Å². The molecule has 11 aromatic carbocycles. The van der Waals surface area contributed by atoms with E-state index < -0.39 is 0 Å². The zero-order valence-electron chi connectivity index (χ0n) is 34.7. The minimum atomic E-state index is 0.240. The van der Waals surface area contributed by atoms with Gasteiger partial charge in [0, 0.05) is 55.6 Å². The Morgan fingerprint density at radius 1 is 0.438 bits per heavy atom. The summed E-state index contributed by atoms with van der Waals surface area (Å²) in [4.78, 5) is 0. The summed E-state index contributed by atoms with van der Waals surface area (Å²) in [7, 11) is 0. The molecule has 0 saturated carbocycles. The smallest absolute Gasteiger partial charge is 0.143 e. The molecule has 13 aromatic rings. The molecule has 0 N–H and O–H groups in total. The molecule has 0 fully saturated rings. The Kier molecular flexibility index (Phi) is 6.28. The van der Waals surface area contributed by atoms with Crippen molar-refractivity contribution in [2.75, 3.05) is 0 Å². The Balaban J connectivity index is 1.22. The Bertz CT molecular complexity index is 4500. The first kappa shape index (κ1) is 33.7. The van der Waals surface area contributed by atoms with Crippen molar-refractivity contribution in [3.63, 3.8) is 0 Å². The van der Waals surface area contributed by atoms with Gasteiger partial charge < -0.3 is 8.83 Å². The number of furan rings is 2. The molecule has 64 heavy (non-hydrogen) atoms. The van der Waals surface area contributed by atoms with E-state index in [2.05, 4.69) is 182 Å². The van der Waals surface area contributed by atoms with Gasteiger partial charge in [-0.25, -0.2) is 0 Å². The molecule has 2 atom stereocenters. The summed E-state index contributed by atoms with van der Waals surface area (Å²) >= 11 is 0. The molecular formula is C62H36O2. The van der Waals surface area contributed by atoms with E-state index in [1.165, 1.54) is 91.8 Å². The van der Waals surface area contributed by atoms with E-state index >= 15 is 0 Å². The molecule has 2 unspecified atom stereocenters. The van der Waals surface area contributed by atoms with E-state index in [4.69, 9.17) is 8.83 Å². The molecule has 0 spiro atoms. The van der Waals surface area contributed by atoms with Gasteiger partial charge in [-0.05, 0) is 112 Å². The van der Waals surface area contributed by atoms with Gasteiger partial charge in [-0.2, -0.15) is 0 Å². The second-order valence-electron chi connectivity index (χ2n) is 18.4. The molecule has 2 aromatic heterocycles. The van der Waals surface area contributed by atoms with E-state index in [9.17, 15) is 0 Å². The molecule has 0 saturated heterocycles. The summed E-state index contributed by atoms with van der Waals surface area (Å²) in [6, 6.07) is 58.2. The zero-order valence-corrected chi connectivity index (χ0v) is 34.7. The Hall–Kier alpha value is -7.94. The van der Waals surface area contributed by atoms with Gasteiger partial charge >= 0.3 is 0 Å². The predicted molar refractivity (Wildman–Crippen MR) is 268 cm³/mol. The highest BCUT2D eigenvalue weighted by Crippen LogP contribution is 2.53. The van der Waals surface area contributed by atoms with E-state index in [0.717, 1.165) is 67.8 Å². The fourth-order valence-electron chi connectivity index (χ4n) is 13.0. The van der Waals surface area contributed by atoms with Crippen LogP contribution in [0.1, 0.15) is 29.9 Å². The molecule has 2 heteroatoms. The van der Waals surface area contributed by atoms with Crippen molar-refractivity contribution >= 4 is 122 Å². The second kappa shape index (κ2) is 11.9. The normalized spacial score (nSPS) is 16.8. The largest absolute Gasteiger partial charge is 0.455 e. The molecule has 0 bridgehead atoms. The third-order valence-corrected chi connectivity index (χ3v) is 15.4. The van der Waals surface area contributed by atoms with Crippen molar-refractivity contribution in [1.29, 1.82) is 0 Å². The van der Waals surface area contributed by atoms with Crippen LogP contribution in [0.3, 0.4) is 0 Å². The first-order valence-electron chi connectivity index (χ1n) is 22.7. The standard InChI is InChI=1S/C62H36O2/c1-2-14-35-33(13-1)29-30-34-31-49-55-43(53(34)35)22-12-24-45(55)58-57(46-25-10-20-41-38-17-5-7-27-51(38)63-61(41)46)50-32-48-37-16-4-3-15-36(37)40-19-9-23-44(54(40)48)56(50)59(60(49)58)47-26-11-21-42-39-18-6-8-28-52(39)64-62(42)47/h1-11,13-21,23-32,34,53H,12,22H2. The number of rotatable bonds is 2. The Labute approximate surface area is 366 Å². The van der Waals surface area contributed by atoms with Gasteiger partial charge in [0.25, 0.3) is 0 Å². The van der Waals surface area contributed by atoms with Crippen molar-refractivity contribution in [3.05, 3.63) is 191 Å². The molecule has 0 radical (unpaired) electrons. The number of hydrogen-bond donors (Lipinski definition) is 0. The highest BCUT2D eigenvalue weighted by Gasteiger charge is 2.35. The summed E-state index contributed by atoms with van der Waals surface area (Å²) in [5.74, 6) is 0.540. The second-order valence-corrected chi connectivity index (χ2v) is 18.4. The van der Waals surface area contributed by atoms with Gasteiger partial charge in [0.2, 0.25) is 0 Å². The molecule has 0 amide bonds. The predicted octanol–water partition coefficient (Wildman–Crippen LogP) is 14.7. The van der Waals surface area contributed by atoms with Crippen molar-refractivity contribution in [2.24, 2.45) is 5.92 Å². The highest BCUT2D eigenvalue weighted by molar-refractivity contribution is 6.40. The SMILES string of the molecule is C1=CC2C=c3c4c(c5c(-c6cccc7c6oc6ccccc67)c6cc7c8ccccc8c8cccc(c6c(-c6cccc9c6oc6ccccc69)c35)c87)=CCCC=4C2c2ccccc21. The Morgan fingerprint density at radius 2 is 1.03 bits per heavy atom. The molecule has 2 nitrogen and oxygen atoms in total. The van der Waals surface area contributed by atoms with E-state index in [1.54, 1.807) is 5.57 Å². The zero-order chi connectivity index (χ0) is 41.4. The van der Waals surface area contributed by atoms with Gasteiger partial charge in [0.15, 0.2) is 0 Å². The quantitative estimate of drug-likeness (QED) is 0.163. The third kappa shape index (κ3) is 4.08. The van der Waals surface area contributed by atoms with Crippen LogP contribution < -0.4 is 15.7 Å². The maximum atomic E-state index is 7.05. The van der Waals surface area contributed by atoms with Crippen LogP contribution in [-0.2, 0) is 0 Å². The van der Waals surface area contributed by atoms with Gasteiger partial charge in [-0.1, -0.05) is 169 Å². The van der Waals surface area contributed by atoms with Crippen molar-refractivity contribution in [1.82, 2.24) is 0 Å². The molecule has 3 aliphatic rings. The van der Waals surface area contributed by atoms with Crippen LogP contribution in [0.4, 0.5) is 0 Å². The fourth-order valence-corrected chi connectivity index (χ4v) is 13.0. The van der Waals surface area contributed by atoms with Crippen LogP contribution in [-0.4, -0.2) is 0 Å². The van der Waals surface area contributed by atoms with Crippen LogP contribution in [0.15, 0.2) is 173 Å². The number of hydrogen-bond acceptors (Lipinski definition) is 2. The van der Waals surface area contributed by atoms with Gasteiger partial charge in [-0.3, -0.25) is 0 Å². The lowest BCUT2D eigenvalue weighted by molar-refractivity contribution is 0.669. The summed E-state index contributed by atoms with van der Waals surface area (Å²) in [6.07, 6.45) is 12.1. The number of para-hydroxylation sites is 4. The summed E-state index contributed by atoms with van der Waals surface area (Å²) in [5.41, 5.74) is 12.8. The lowest BCUT2D eigenvalue weighted by Crippen LogP contribution is -2.43. The number of allylic oxidation sites excluding steroid dienone is 1. The third-order valence-electron chi connectivity index (χ3n) is 15.4. The lowest BCUT2D eigenvalue weighted by atomic mass is 9.70. The van der Waals surface area contributed by atoms with Crippen LogP contribution in [0.5, 0.6) is 0 Å². The average molecular weight is 813 g/mol. The fraction of sp³-hybridized carbons (Fsp3) is 0.0645. The van der Waals surface area contributed by atoms with Gasteiger partial charge in [0.05, 0.1) is 0 Å². The maximum Gasteiger partial charge on any atom is 0.143 e. The minimum absolute atomic E-state index is 0.240. The molecule has 16 rings (SSSR count). The molecule has 2 heterocycles. The van der Waals surface area contributed by atoms with Crippen LogP contribution in [0, 0.1) is 5.92 Å². The topological polar surface area (TPSA) is 26.3 Å². The Morgan fingerprint density at radius 3 is 1.80 bits per heavy atom. The molecule has 296 valence electrons. The van der Waals surface area contributed by atoms with E-state index in [0.29, 0.717) is 5.92 Å². The van der Waals surface area contributed by atoms with E-state index in [1.807, 2.05) is 0 Å². The van der Waals surface area contributed by atoms with Gasteiger partial charge in [0.1, 0.15) is 22.3 Å². The van der Waals surface area contributed by atoms with Crippen molar-refractivity contribution < 1.29 is 8.83 Å². The lowest BCUT2D eigenvalue weighted by Gasteiger charge is -2.33. The summed E-state index contributed by atoms with van der Waals surface area (Å²) < 4.78 is 14.1. The van der Waals surface area contributed by atoms with Gasteiger partial charge in [-0.15, -0.1) is 0 Å². The monoisotopic (exact) mass is 812 g/mol. The minimum Gasteiger partial charge on any atom is -0.455 e. The molecule has 0 aliphatic heterocycles. The summed E-state index contributed by atoms with van der Waals surface area (Å²) in [6.45, 7) is 0. The van der Waals surface area contributed by atoms with Crippen molar-refractivity contribution in [2.45, 2.75) is 18.8 Å². The number of fused-ring (bicyclic) bond motifs is 18. The van der Waals surface area contributed by atoms with Crippen LogP contribution in [0.2, 0.25) is 0 Å². The van der Waals surface area contributed by atoms with Crippen molar-refractivity contribution in [3.8, 4) is 22.3 Å².